The molecule has 1 heterocycles. The molecule has 1 saturated heterocycles. The molecule has 20 heavy (non-hydrogen) atoms. The van der Waals surface area contributed by atoms with E-state index in [4.69, 9.17) is 4.74 Å². The Morgan fingerprint density at radius 3 is 2.45 bits per heavy atom. The summed E-state index contributed by atoms with van der Waals surface area (Å²) < 4.78 is 5.52. The lowest BCUT2D eigenvalue weighted by atomic mass is 9.86. The third-order valence-corrected chi connectivity index (χ3v) is 3.88. The zero-order valence-corrected chi connectivity index (χ0v) is 13.0. The van der Waals surface area contributed by atoms with E-state index in [1.165, 1.54) is 5.56 Å². The minimum atomic E-state index is -0.435. The molecule has 3 heteroatoms. The number of nitrogens with one attached hydrogen (secondary N) is 1. The van der Waals surface area contributed by atoms with Crippen molar-refractivity contribution in [1.82, 2.24) is 5.32 Å². The number of aliphatic hydroxyl groups excluding tert-OH is 1. The molecule has 0 radical (unpaired) electrons. The first-order valence-electron chi connectivity index (χ1n) is 7.48. The lowest BCUT2D eigenvalue weighted by Gasteiger charge is -2.30. The first kappa shape index (κ1) is 15.5. The molecule has 0 amide bonds. The van der Waals surface area contributed by atoms with Crippen molar-refractivity contribution < 1.29 is 9.84 Å². The monoisotopic (exact) mass is 277 g/mol. The smallest absolute Gasteiger partial charge is 0.0805 e. The molecule has 0 aliphatic carbocycles. The normalized spacial score (nSPS) is 25.4. The van der Waals surface area contributed by atoms with E-state index in [-0.39, 0.29) is 11.5 Å². The van der Waals surface area contributed by atoms with Gasteiger partial charge in [-0.2, -0.15) is 0 Å². The molecule has 3 atom stereocenters. The number of aliphatic hydroxyl groups is 1. The maximum Gasteiger partial charge on any atom is 0.0805 e. The zero-order chi connectivity index (χ0) is 14.8. The molecule has 1 fully saturated rings. The quantitative estimate of drug-likeness (QED) is 0.892. The van der Waals surface area contributed by atoms with Gasteiger partial charge in [-0.05, 0) is 29.9 Å². The first-order valence-corrected chi connectivity index (χ1v) is 7.48. The van der Waals surface area contributed by atoms with Gasteiger partial charge in [-0.25, -0.2) is 0 Å². The maximum atomic E-state index is 10.4. The number of hydrogen-bond acceptors (Lipinski definition) is 3. The minimum absolute atomic E-state index is 0.150. The SMILES string of the molecule is CC1COCC(CC(O)c2ccc(C(C)(C)C)cc2)N1. The van der Waals surface area contributed by atoms with Crippen LogP contribution in [0.1, 0.15) is 51.3 Å². The first-order chi connectivity index (χ1) is 9.36. The Hall–Kier alpha value is -0.900. The highest BCUT2D eigenvalue weighted by molar-refractivity contribution is 5.28. The zero-order valence-electron chi connectivity index (χ0n) is 13.0. The molecule has 0 saturated carbocycles. The molecule has 0 spiro atoms. The predicted molar refractivity (Wildman–Crippen MR) is 81.9 cm³/mol. The molecule has 1 aromatic carbocycles. The van der Waals surface area contributed by atoms with Crippen molar-refractivity contribution in [3.63, 3.8) is 0 Å². The summed E-state index contributed by atoms with van der Waals surface area (Å²) in [5.74, 6) is 0. The third kappa shape index (κ3) is 4.05. The molecule has 3 nitrogen and oxygen atoms in total. The van der Waals surface area contributed by atoms with Gasteiger partial charge < -0.3 is 15.2 Å². The predicted octanol–water partition coefficient (Wildman–Crippen LogP) is 2.78. The molecule has 0 aromatic heterocycles. The topological polar surface area (TPSA) is 41.5 Å². The molecule has 3 unspecified atom stereocenters. The van der Waals surface area contributed by atoms with E-state index in [2.05, 4.69) is 45.1 Å². The van der Waals surface area contributed by atoms with Crippen LogP contribution in [-0.4, -0.2) is 30.4 Å². The van der Waals surface area contributed by atoms with Crippen LogP contribution in [0.25, 0.3) is 0 Å². The van der Waals surface area contributed by atoms with Crippen LogP contribution >= 0.6 is 0 Å². The molecular formula is C17H27NO2. The molecule has 2 rings (SSSR count). The summed E-state index contributed by atoms with van der Waals surface area (Å²) in [5.41, 5.74) is 2.43. The van der Waals surface area contributed by atoms with Crippen molar-refractivity contribution >= 4 is 0 Å². The van der Waals surface area contributed by atoms with E-state index in [0.29, 0.717) is 19.1 Å². The van der Waals surface area contributed by atoms with Gasteiger partial charge in [-0.15, -0.1) is 0 Å². The van der Waals surface area contributed by atoms with E-state index in [0.717, 1.165) is 12.2 Å². The van der Waals surface area contributed by atoms with E-state index in [9.17, 15) is 5.11 Å². The number of rotatable bonds is 3. The van der Waals surface area contributed by atoms with Gasteiger partial charge in [0.05, 0.1) is 19.3 Å². The highest BCUT2D eigenvalue weighted by atomic mass is 16.5. The summed E-state index contributed by atoms with van der Waals surface area (Å²) in [4.78, 5) is 0. The number of hydrogen-bond donors (Lipinski definition) is 2. The summed E-state index contributed by atoms with van der Waals surface area (Å²) in [6, 6.07) is 8.91. The standard InChI is InChI=1S/C17H27NO2/c1-12-10-20-11-15(18-12)9-16(19)13-5-7-14(8-6-13)17(2,3)4/h5-8,12,15-16,18-19H,9-11H2,1-4H3. The van der Waals surface area contributed by atoms with Crippen LogP contribution in [0.15, 0.2) is 24.3 Å². The van der Waals surface area contributed by atoms with E-state index in [1.807, 2.05) is 12.1 Å². The van der Waals surface area contributed by atoms with Gasteiger partial charge in [0.25, 0.3) is 0 Å². The number of benzene rings is 1. The second kappa shape index (κ2) is 6.25. The van der Waals surface area contributed by atoms with E-state index in [1.54, 1.807) is 0 Å². The summed E-state index contributed by atoms with van der Waals surface area (Å²) in [6.07, 6.45) is 0.259. The number of morpholine rings is 1. The second-order valence-electron chi connectivity index (χ2n) is 6.93. The van der Waals surface area contributed by atoms with Gasteiger partial charge >= 0.3 is 0 Å². The lowest BCUT2D eigenvalue weighted by Crippen LogP contribution is -2.47. The molecule has 1 aliphatic rings. The minimum Gasteiger partial charge on any atom is -0.388 e. The largest absolute Gasteiger partial charge is 0.388 e. The Bertz CT molecular complexity index is 422. The van der Waals surface area contributed by atoms with Crippen molar-refractivity contribution in [2.75, 3.05) is 13.2 Å². The highest BCUT2D eigenvalue weighted by Crippen LogP contribution is 2.25. The number of ether oxygens (including phenoxy) is 1. The Labute approximate surface area is 122 Å². The van der Waals surface area contributed by atoms with Crippen molar-refractivity contribution in [3.05, 3.63) is 35.4 Å². The summed E-state index contributed by atoms with van der Waals surface area (Å²) in [5, 5.41) is 13.8. The van der Waals surface area contributed by atoms with Gasteiger partial charge in [0.2, 0.25) is 0 Å². The maximum absolute atomic E-state index is 10.4. The van der Waals surface area contributed by atoms with E-state index < -0.39 is 6.10 Å². The fourth-order valence-corrected chi connectivity index (χ4v) is 2.63. The Kier molecular flexibility index (Phi) is 4.84. The van der Waals surface area contributed by atoms with Gasteiger partial charge in [-0.1, -0.05) is 45.0 Å². The summed E-state index contributed by atoms with van der Waals surface area (Å²) in [7, 11) is 0. The lowest BCUT2D eigenvalue weighted by molar-refractivity contribution is 0.0304. The highest BCUT2D eigenvalue weighted by Gasteiger charge is 2.22. The van der Waals surface area contributed by atoms with Crippen LogP contribution in [0.5, 0.6) is 0 Å². The van der Waals surface area contributed by atoms with Crippen molar-refractivity contribution in [1.29, 1.82) is 0 Å². The van der Waals surface area contributed by atoms with Gasteiger partial charge in [0, 0.05) is 12.1 Å². The average molecular weight is 277 g/mol. The molecule has 1 aliphatic heterocycles. The fraction of sp³-hybridized carbons (Fsp3) is 0.647. The molecule has 2 N–H and O–H groups in total. The molecule has 112 valence electrons. The van der Waals surface area contributed by atoms with Crippen LogP contribution in [0.2, 0.25) is 0 Å². The Morgan fingerprint density at radius 2 is 1.90 bits per heavy atom. The summed E-state index contributed by atoms with van der Waals surface area (Å²) >= 11 is 0. The Balaban J connectivity index is 1.97. The van der Waals surface area contributed by atoms with Crippen molar-refractivity contribution in [2.45, 2.75) is 57.7 Å². The van der Waals surface area contributed by atoms with Crippen LogP contribution in [0, 0.1) is 0 Å². The Morgan fingerprint density at radius 1 is 1.25 bits per heavy atom. The van der Waals surface area contributed by atoms with Crippen molar-refractivity contribution in [3.8, 4) is 0 Å². The van der Waals surface area contributed by atoms with Gasteiger partial charge in [-0.3, -0.25) is 0 Å². The third-order valence-electron chi connectivity index (χ3n) is 3.88. The van der Waals surface area contributed by atoms with E-state index >= 15 is 0 Å². The van der Waals surface area contributed by atoms with Crippen LogP contribution in [0.4, 0.5) is 0 Å². The van der Waals surface area contributed by atoms with Crippen LogP contribution in [-0.2, 0) is 10.2 Å². The molecular weight excluding hydrogens is 250 g/mol. The van der Waals surface area contributed by atoms with Gasteiger partial charge in [0.1, 0.15) is 0 Å². The fourth-order valence-electron chi connectivity index (χ4n) is 2.63. The second-order valence-corrected chi connectivity index (χ2v) is 6.93. The van der Waals surface area contributed by atoms with Crippen molar-refractivity contribution in [2.24, 2.45) is 0 Å². The average Bonchev–Trinajstić information content (AvgIpc) is 2.38. The molecule has 1 aromatic rings. The van der Waals surface area contributed by atoms with Crippen LogP contribution in [0.3, 0.4) is 0 Å². The van der Waals surface area contributed by atoms with Crippen LogP contribution < -0.4 is 5.32 Å². The molecule has 0 bridgehead atoms. The van der Waals surface area contributed by atoms with Gasteiger partial charge in [0.15, 0.2) is 0 Å². The summed E-state index contributed by atoms with van der Waals surface area (Å²) in [6.45, 7) is 10.1.